The largest absolute Gasteiger partial charge is 0.455 e. The minimum absolute atomic E-state index is 0.745. The Hall–Kier alpha value is -1.16. The molecule has 2 aliphatic heterocycles. The fourth-order valence-corrected chi connectivity index (χ4v) is 5.73. The lowest BCUT2D eigenvalue weighted by atomic mass is 10.2. The van der Waals surface area contributed by atoms with E-state index in [9.17, 15) is 0 Å². The van der Waals surface area contributed by atoms with E-state index in [-0.39, 0.29) is 0 Å². The first-order chi connectivity index (χ1) is 13.8. The third-order valence-electron chi connectivity index (χ3n) is 4.59. The highest BCUT2D eigenvalue weighted by atomic mass is 79.9. The maximum Gasteiger partial charge on any atom is 0.143 e. The van der Waals surface area contributed by atoms with Crippen LogP contribution >= 0.6 is 63.7 Å². The third kappa shape index (κ3) is 4.47. The van der Waals surface area contributed by atoms with Crippen molar-refractivity contribution >= 4 is 75.1 Å². The average Bonchev–Trinajstić information content (AvgIpc) is 3.27. The number of rotatable bonds is 4. The van der Waals surface area contributed by atoms with Crippen molar-refractivity contribution < 1.29 is 4.74 Å². The van der Waals surface area contributed by atoms with Crippen LogP contribution in [0.3, 0.4) is 0 Å². The Kier molecular flexibility index (Phi) is 6.20. The first-order valence-electron chi connectivity index (χ1n) is 8.78. The molecule has 0 bridgehead atoms. The number of benzene rings is 2. The minimum Gasteiger partial charge on any atom is -0.455 e. The fraction of sp³-hybridized carbons (Fsp3) is 0.200. The molecule has 2 aliphatic rings. The van der Waals surface area contributed by atoms with Crippen LogP contribution in [0.5, 0.6) is 11.5 Å². The predicted octanol–water partition coefficient (Wildman–Crippen LogP) is 6.89. The van der Waals surface area contributed by atoms with Gasteiger partial charge < -0.3 is 24.3 Å². The molecule has 29 heavy (non-hydrogen) atoms. The van der Waals surface area contributed by atoms with E-state index in [1.165, 1.54) is 0 Å². The van der Waals surface area contributed by atoms with Crippen LogP contribution in [0, 0.1) is 0 Å². The van der Waals surface area contributed by atoms with Crippen molar-refractivity contribution in [3.05, 3.63) is 67.0 Å². The normalized spacial score (nSPS) is 15.8. The van der Waals surface area contributed by atoms with E-state index < -0.39 is 0 Å². The molecule has 0 N–H and O–H groups in total. The van der Waals surface area contributed by atoms with Crippen molar-refractivity contribution in [2.24, 2.45) is 0 Å². The van der Waals surface area contributed by atoms with Crippen molar-refractivity contribution in [2.45, 2.75) is 0 Å². The third-order valence-corrected chi connectivity index (χ3v) is 7.10. The van der Waals surface area contributed by atoms with E-state index in [4.69, 9.17) is 4.74 Å². The maximum absolute atomic E-state index is 6.34. The van der Waals surface area contributed by atoms with Crippen molar-refractivity contribution in [1.29, 1.82) is 0 Å². The molecule has 0 spiro atoms. The molecule has 0 unspecified atom stereocenters. The number of anilines is 2. The summed E-state index contributed by atoms with van der Waals surface area (Å²) in [5.41, 5.74) is 2.09. The number of hydrogen-bond donors (Lipinski definition) is 0. The van der Waals surface area contributed by atoms with Crippen molar-refractivity contribution in [3.8, 4) is 11.5 Å². The molecule has 0 amide bonds. The zero-order valence-electron chi connectivity index (χ0n) is 15.7. The highest BCUT2D eigenvalue weighted by Gasteiger charge is 2.20. The van der Waals surface area contributed by atoms with E-state index in [2.05, 4.69) is 95.7 Å². The molecule has 0 fully saturated rings. The van der Waals surface area contributed by atoms with Gasteiger partial charge in [-0.3, -0.25) is 0 Å². The monoisotopic (exact) mass is 646 g/mol. The summed E-state index contributed by atoms with van der Waals surface area (Å²) in [7, 11) is 4.09. The zero-order valence-corrected chi connectivity index (χ0v) is 22.1. The van der Waals surface area contributed by atoms with Crippen LogP contribution in [0.4, 0.5) is 11.4 Å². The molecule has 0 aliphatic carbocycles. The molecule has 0 saturated heterocycles. The summed E-state index contributed by atoms with van der Waals surface area (Å²) in [6.07, 6.45) is 8.21. The average molecular weight is 650 g/mol. The summed E-state index contributed by atoms with van der Waals surface area (Å²) in [5, 5.41) is 0. The van der Waals surface area contributed by atoms with Crippen molar-refractivity contribution in [1.82, 2.24) is 9.80 Å². The van der Waals surface area contributed by atoms with Gasteiger partial charge in [0.25, 0.3) is 0 Å². The zero-order chi connectivity index (χ0) is 20.7. The highest BCUT2D eigenvalue weighted by Crippen LogP contribution is 2.43. The van der Waals surface area contributed by atoms with Gasteiger partial charge in [-0.15, -0.1) is 0 Å². The Morgan fingerprint density at radius 3 is 1.38 bits per heavy atom. The molecule has 4 rings (SSSR count). The predicted molar refractivity (Wildman–Crippen MR) is 132 cm³/mol. The first kappa shape index (κ1) is 21.1. The summed E-state index contributed by atoms with van der Waals surface area (Å²) in [4.78, 5) is 8.56. The van der Waals surface area contributed by atoms with E-state index in [1.54, 1.807) is 0 Å². The highest BCUT2D eigenvalue weighted by molar-refractivity contribution is 9.11. The van der Waals surface area contributed by atoms with Gasteiger partial charge in [0.05, 0.1) is 33.7 Å². The van der Waals surface area contributed by atoms with Crippen LogP contribution in [0.2, 0.25) is 0 Å². The van der Waals surface area contributed by atoms with E-state index in [1.807, 2.05) is 50.8 Å². The molecule has 2 aromatic rings. The second-order valence-electron chi connectivity index (χ2n) is 6.90. The van der Waals surface area contributed by atoms with Gasteiger partial charge in [-0.05, 0) is 75.9 Å². The van der Waals surface area contributed by atoms with Crippen LogP contribution in [-0.4, -0.2) is 37.2 Å². The quantitative estimate of drug-likeness (QED) is 0.359. The van der Waals surface area contributed by atoms with Gasteiger partial charge in [-0.25, -0.2) is 0 Å². The Morgan fingerprint density at radius 1 is 0.621 bits per heavy atom. The topological polar surface area (TPSA) is 22.2 Å². The van der Waals surface area contributed by atoms with Crippen LogP contribution in [0.25, 0.3) is 0 Å². The molecular formula is C20H18Br4N4O. The van der Waals surface area contributed by atoms with Crippen LogP contribution < -0.4 is 14.5 Å². The summed E-state index contributed by atoms with van der Waals surface area (Å²) >= 11 is 14.6. The van der Waals surface area contributed by atoms with Gasteiger partial charge in [-0.2, -0.15) is 0 Å². The Morgan fingerprint density at radius 2 is 1.03 bits per heavy atom. The van der Waals surface area contributed by atoms with Gasteiger partial charge in [-0.1, -0.05) is 0 Å². The van der Waals surface area contributed by atoms with Crippen molar-refractivity contribution in [2.75, 3.05) is 37.2 Å². The maximum atomic E-state index is 6.34. The molecule has 0 radical (unpaired) electrons. The molecule has 152 valence electrons. The molecule has 0 atom stereocenters. The number of halogens is 4. The fourth-order valence-electron chi connectivity index (χ4n) is 3.12. The molecule has 2 aromatic carbocycles. The van der Waals surface area contributed by atoms with Gasteiger partial charge >= 0.3 is 0 Å². The summed E-state index contributed by atoms with van der Waals surface area (Å²) in [5.74, 6) is 1.49. The summed E-state index contributed by atoms with van der Waals surface area (Å²) in [6, 6.07) is 8.11. The Balaban J connectivity index is 1.67. The molecule has 9 heteroatoms. The Labute approximate surface area is 204 Å². The van der Waals surface area contributed by atoms with E-state index in [0.717, 1.165) is 54.1 Å². The smallest absolute Gasteiger partial charge is 0.143 e. The standard InChI is InChI=1S/C20H18Br4N4O/c1-25-3-5-27(11-25)17-9-19(15(23)7-13(17)21)29-20-10-18(14(22)8-16(20)24)28-6-4-26(2)12-28/h3-10H,11-12H2,1-2H3. The molecular weight excluding hydrogens is 632 g/mol. The van der Waals surface area contributed by atoms with Crippen LogP contribution in [0.1, 0.15) is 0 Å². The van der Waals surface area contributed by atoms with Gasteiger partial charge in [0.15, 0.2) is 0 Å². The number of hydrogen-bond acceptors (Lipinski definition) is 5. The van der Waals surface area contributed by atoms with Gasteiger partial charge in [0.1, 0.15) is 11.5 Å². The summed E-state index contributed by atoms with van der Waals surface area (Å²) < 4.78 is 10.1. The van der Waals surface area contributed by atoms with Crippen molar-refractivity contribution in [3.63, 3.8) is 0 Å². The summed E-state index contributed by atoms with van der Waals surface area (Å²) in [6.45, 7) is 1.58. The van der Waals surface area contributed by atoms with Crippen LogP contribution in [-0.2, 0) is 0 Å². The SMILES string of the molecule is CN1C=CN(c2cc(Oc3cc(N4C=CN(C)C4)c(Br)cc3Br)c(Br)cc2Br)C1. The van der Waals surface area contributed by atoms with E-state index in [0.29, 0.717) is 0 Å². The van der Waals surface area contributed by atoms with Gasteiger partial charge in [0.2, 0.25) is 0 Å². The molecule has 5 nitrogen and oxygen atoms in total. The molecule has 0 saturated carbocycles. The lowest BCUT2D eigenvalue weighted by Gasteiger charge is -2.23. The first-order valence-corrected chi connectivity index (χ1v) is 12.0. The molecule has 2 heterocycles. The van der Waals surface area contributed by atoms with Gasteiger partial charge in [0, 0.05) is 60.0 Å². The minimum atomic E-state index is 0.745. The van der Waals surface area contributed by atoms with E-state index >= 15 is 0 Å². The second kappa shape index (κ2) is 8.53. The number of nitrogens with zero attached hydrogens (tertiary/aromatic N) is 4. The number of ether oxygens (including phenoxy) is 1. The lowest BCUT2D eigenvalue weighted by Crippen LogP contribution is -2.22. The lowest BCUT2D eigenvalue weighted by molar-refractivity contribution is 0.473. The van der Waals surface area contributed by atoms with Crippen LogP contribution in [0.15, 0.2) is 67.0 Å². The molecule has 0 aromatic heterocycles. The second-order valence-corrected chi connectivity index (χ2v) is 10.3. The Bertz CT molecular complexity index is 931.